The highest BCUT2D eigenvalue weighted by molar-refractivity contribution is 14.1. The fourth-order valence-corrected chi connectivity index (χ4v) is 5.25. The Kier molecular flexibility index (Phi) is 9.01. The Morgan fingerprint density at radius 3 is 2.62 bits per heavy atom. The molecule has 1 aliphatic heterocycles. The van der Waals surface area contributed by atoms with Gasteiger partial charge in [0.2, 0.25) is 0 Å². The van der Waals surface area contributed by atoms with Gasteiger partial charge < -0.3 is 19.9 Å². The van der Waals surface area contributed by atoms with E-state index >= 15 is 0 Å². The lowest BCUT2D eigenvalue weighted by Gasteiger charge is -2.15. The van der Waals surface area contributed by atoms with Crippen LogP contribution in [0.5, 0.6) is 11.5 Å². The normalized spacial score (nSPS) is 15.2. The Hall–Kier alpha value is -2.73. The number of nitrogens with zero attached hydrogens (tertiary/aromatic N) is 1. The highest BCUT2D eigenvalue weighted by Gasteiger charge is 2.25. The van der Waals surface area contributed by atoms with Crippen LogP contribution in [0.3, 0.4) is 0 Å². The molecule has 0 bridgehead atoms. The van der Waals surface area contributed by atoms with Crippen molar-refractivity contribution in [3.63, 3.8) is 0 Å². The van der Waals surface area contributed by atoms with Gasteiger partial charge in [0.1, 0.15) is 6.61 Å². The minimum Gasteiger partial charge on any atom is -0.490 e. The van der Waals surface area contributed by atoms with Gasteiger partial charge in [0.25, 0.3) is 5.91 Å². The molecule has 1 heterocycles. The van der Waals surface area contributed by atoms with Crippen molar-refractivity contribution in [2.75, 3.05) is 6.61 Å². The van der Waals surface area contributed by atoms with Crippen molar-refractivity contribution in [3.05, 3.63) is 89.8 Å². The number of aromatic carboxylic acids is 1. The van der Waals surface area contributed by atoms with E-state index in [1.165, 1.54) is 23.9 Å². The van der Waals surface area contributed by atoms with Gasteiger partial charge >= 0.3 is 5.97 Å². The number of rotatable bonds is 8. The van der Waals surface area contributed by atoms with Gasteiger partial charge in [0, 0.05) is 0 Å². The number of halogens is 3. The summed E-state index contributed by atoms with van der Waals surface area (Å²) in [5, 5.41) is 12.9. The predicted molar refractivity (Wildman–Crippen MR) is 155 cm³/mol. The predicted octanol–water partition coefficient (Wildman–Crippen LogP) is 7.17. The SMILES string of the molecule is CCOc1cc(/C=C2/SC(=Nc3cccc(Cl)c3Cl)NC2=O)cc(I)c1OCc1ccc(C(=O)O)cc1. The Balaban J connectivity index is 1.55. The van der Waals surface area contributed by atoms with Crippen molar-refractivity contribution >= 4 is 86.4 Å². The lowest BCUT2D eigenvalue weighted by atomic mass is 10.1. The van der Waals surface area contributed by atoms with Crippen LogP contribution in [0.4, 0.5) is 5.69 Å². The van der Waals surface area contributed by atoms with E-state index in [0.717, 1.165) is 14.7 Å². The van der Waals surface area contributed by atoms with E-state index in [9.17, 15) is 9.59 Å². The Bertz CT molecular complexity index is 1430. The highest BCUT2D eigenvalue weighted by atomic mass is 127. The molecule has 0 saturated carbocycles. The van der Waals surface area contributed by atoms with Crippen molar-refractivity contribution in [2.24, 2.45) is 4.99 Å². The van der Waals surface area contributed by atoms with Gasteiger partial charge in [-0.05, 0) is 94.9 Å². The second-order valence-corrected chi connectivity index (χ2v) is 10.6. The molecule has 1 aliphatic rings. The second kappa shape index (κ2) is 12.2. The molecule has 3 aromatic carbocycles. The maximum Gasteiger partial charge on any atom is 0.335 e. The molecule has 11 heteroatoms. The van der Waals surface area contributed by atoms with E-state index in [1.54, 1.807) is 42.5 Å². The quantitative estimate of drug-likeness (QED) is 0.195. The van der Waals surface area contributed by atoms with E-state index in [-0.39, 0.29) is 18.1 Å². The molecule has 37 heavy (non-hydrogen) atoms. The van der Waals surface area contributed by atoms with E-state index in [0.29, 0.717) is 43.9 Å². The van der Waals surface area contributed by atoms with Crippen LogP contribution in [-0.4, -0.2) is 28.8 Å². The van der Waals surface area contributed by atoms with Gasteiger partial charge in [0.05, 0.1) is 36.4 Å². The van der Waals surface area contributed by atoms with Crippen molar-refractivity contribution in [2.45, 2.75) is 13.5 Å². The number of carbonyl (C=O) groups is 2. The number of hydrogen-bond acceptors (Lipinski definition) is 6. The van der Waals surface area contributed by atoms with Gasteiger partial charge in [-0.25, -0.2) is 9.79 Å². The summed E-state index contributed by atoms with van der Waals surface area (Å²) >= 11 is 15.6. The molecule has 0 unspecified atom stereocenters. The first-order chi connectivity index (χ1) is 17.7. The molecular formula is C26H19Cl2IN2O5S. The zero-order chi connectivity index (χ0) is 26.5. The van der Waals surface area contributed by atoms with Crippen LogP contribution in [0.2, 0.25) is 10.0 Å². The van der Waals surface area contributed by atoms with Crippen molar-refractivity contribution < 1.29 is 24.2 Å². The second-order valence-electron chi connectivity index (χ2n) is 7.61. The maximum atomic E-state index is 12.6. The molecule has 0 radical (unpaired) electrons. The summed E-state index contributed by atoms with van der Waals surface area (Å²) in [6.07, 6.45) is 1.75. The van der Waals surface area contributed by atoms with Gasteiger partial charge in [-0.3, -0.25) is 4.79 Å². The molecular weight excluding hydrogens is 650 g/mol. The molecule has 190 valence electrons. The van der Waals surface area contributed by atoms with Gasteiger partial charge in [0.15, 0.2) is 16.7 Å². The van der Waals surface area contributed by atoms with Crippen molar-refractivity contribution in [3.8, 4) is 11.5 Å². The third kappa shape index (κ3) is 6.78. The van der Waals surface area contributed by atoms with E-state index in [1.807, 2.05) is 13.0 Å². The summed E-state index contributed by atoms with van der Waals surface area (Å²) < 4.78 is 12.6. The first-order valence-corrected chi connectivity index (χ1v) is 13.5. The number of benzene rings is 3. The number of carboxylic acid groups (broad SMARTS) is 1. The summed E-state index contributed by atoms with van der Waals surface area (Å²) in [5.41, 5.74) is 2.25. The first kappa shape index (κ1) is 27.3. The molecule has 0 spiro atoms. The number of amidine groups is 1. The summed E-state index contributed by atoms with van der Waals surface area (Å²) in [7, 11) is 0. The third-order valence-corrected chi connectivity index (χ3v) is 7.54. The molecule has 3 aromatic rings. The van der Waals surface area contributed by atoms with E-state index in [2.05, 4.69) is 32.9 Å². The molecule has 7 nitrogen and oxygen atoms in total. The zero-order valence-electron chi connectivity index (χ0n) is 19.3. The van der Waals surface area contributed by atoms with Crippen LogP contribution < -0.4 is 14.8 Å². The summed E-state index contributed by atoms with van der Waals surface area (Å²) in [5.74, 6) is -0.161. The van der Waals surface area contributed by atoms with Crippen molar-refractivity contribution in [1.29, 1.82) is 0 Å². The molecule has 1 fully saturated rings. The standard InChI is InChI=1S/C26H19Cl2IN2O5S/c1-2-35-20-11-15(10-18(29)23(20)36-13-14-6-8-16(9-7-14)25(33)34)12-21-24(32)31-26(37-21)30-19-5-3-4-17(27)22(19)28/h3-12H,2,13H2,1H3,(H,33,34)(H,30,31,32)/b21-12+. The van der Waals surface area contributed by atoms with Crippen LogP contribution >= 0.6 is 57.6 Å². The minimum atomic E-state index is -0.980. The fraction of sp³-hybridized carbons (Fsp3) is 0.115. The number of hydrogen-bond donors (Lipinski definition) is 2. The summed E-state index contributed by atoms with van der Waals surface area (Å²) in [4.78, 5) is 28.5. The average molecular weight is 669 g/mol. The third-order valence-electron chi connectivity index (χ3n) is 5.02. The molecule has 1 amide bonds. The topological polar surface area (TPSA) is 97.2 Å². The number of carbonyl (C=O) groups excluding carboxylic acids is 1. The van der Waals surface area contributed by atoms with Crippen LogP contribution in [0.25, 0.3) is 6.08 Å². The van der Waals surface area contributed by atoms with Crippen LogP contribution in [0.1, 0.15) is 28.4 Å². The van der Waals surface area contributed by atoms with Gasteiger partial charge in [-0.15, -0.1) is 0 Å². The molecule has 1 saturated heterocycles. The molecule has 0 atom stereocenters. The number of thioether (sulfide) groups is 1. The molecule has 0 aliphatic carbocycles. The lowest BCUT2D eigenvalue weighted by molar-refractivity contribution is -0.115. The largest absolute Gasteiger partial charge is 0.490 e. The van der Waals surface area contributed by atoms with Gasteiger partial charge in [-0.1, -0.05) is 41.4 Å². The van der Waals surface area contributed by atoms with Crippen molar-refractivity contribution in [1.82, 2.24) is 5.32 Å². The number of carboxylic acids is 1. The van der Waals surface area contributed by atoms with Crippen LogP contribution in [-0.2, 0) is 11.4 Å². The Morgan fingerprint density at radius 1 is 1.16 bits per heavy atom. The molecule has 0 aromatic heterocycles. The number of aliphatic imine (C=N–C) groups is 1. The minimum absolute atomic E-state index is 0.211. The van der Waals surface area contributed by atoms with Gasteiger partial charge in [-0.2, -0.15) is 0 Å². The average Bonchev–Trinajstić information content (AvgIpc) is 3.20. The summed E-state index contributed by atoms with van der Waals surface area (Å²) in [6.45, 7) is 2.53. The van der Waals surface area contributed by atoms with Crippen LogP contribution in [0, 0.1) is 3.57 Å². The number of nitrogens with one attached hydrogen (secondary N) is 1. The maximum absolute atomic E-state index is 12.6. The number of ether oxygens (including phenoxy) is 2. The van der Waals surface area contributed by atoms with E-state index < -0.39 is 5.97 Å². The zero-order valence-corrected chi connectivity index (χ0v) is 23.7. The monoisotopic (exact) mass is 668 g/mol. The Morgan fingerprint density at radius 2 is 1.92 bits per heavy atom. The highest BCUT2D eigenvalue weighted by Crippen LogP contribution is 2.38. The van der Waals surface area contributed by atoms with Crippen LogP contribution in [0.15, 0.2) is 64.5 Å². The smallest absolute Gasteiger partial charge is 0.335 e. The Labute approximate surface area is 241 Å². The molecule has 4 rings (SSSR count). The van der Waals surface area contributed by atoms with E-state index in [4.69, 9.17) is 37.8 Å². The first-order valence-electron chi connectivity index (χ1n) is 10.9. The lowest BCUT2D eigenvalue weighted by Crippen LogP contribution is -2.19. The fourth-order valence-electron chi connectivity index (χ4n) is 3.29. The number of amides is 1. The summed E-state index contributed by atoms with van der Waals surface area (Å²) in [6, 6.07) is 15.3. The molecule has 2 N–H and O–H groups in total.